The Hall–Kier alpha value is -1.38. The monoisotopic (exact) mass is 257 g/mol. The maximum absolute atomic E-state index is 6.29. The number of nitrogens with two attached hydrogens (primary N) is 1. The van der Waals surface area contributed by atoms with Crippen LogP contribution in [0.15, 0.2) is 42.5 Å². The molecule has 102 valence electrons. The topological polar surface area (TPSA) is 35.2 Å². The molecule has 2 aromatic carbocycles. The van der Waals surface area contributed by atoms with E-state index < -0.39 is 0 Å². The molecule has 0 heterocycles. The molecular weight excluding hydrogens is 234 g/mol. The van der Waals surface area contributed by atoms with Gasteiger partial charge in [-0.05, 0) is 49.1 Å². The summed E-state index contributed by atoms with van der Waals surface area (Å²) in [6, 6.07) is 14.9. The van der Waals surface area contributed by atoms with Crippen LogP contribution in [-0.2, 0) is 4.74 Å². The van der Waals surface area contributed by atoms with Gasteiger partial charge in [-0.2, -0.15) is 0 Å². The fourth-order valence-corrected chi connectivity index (χ4v) is 2.21. The minimum atomic E-state index is -0.103. The maximum atomic E-state index is 6.29. The summed E-state index contributed by atoms with van der Waals surface area (Å²) in [4.78, 5) is 0. The molecule has 0 aliphatic carbocycles. The number of hydrogen-bond acceptors (Lipinski definition) is 2. The van der Waals surface area contributed by atoms with Crippen LogP contribution in [0, 0.1) is 0 Å². The third-order valence-corrected chi connectivity index (χ3v) is 3.81. The van der Waals surface area contributed by atoms with E-state index in [1.807, 2.05) is 0 Å². The molecule has 2 aromatic rings. The quantitative estimate of drug-likeness (QED) is 0.877. The van der Waals surface area contributed by atoms with Crippen LogP contribution >= 0.6 is 0 Å². The second-order valence-corrected chi connectivity index (χ2v) is 5.72. The SMILES string of the molecule is COC(C)(C)CCC(N)c1ccc2ccccc2c1. The van der Waals surface area contributed by atoms with Gasteiger partial charge in [-0.25, -0.2) is 0 Å². The molecule has 0 bridgehead atoms. The molecule has 1 atom stereocenters. The standard InChI is InChI=1S/C17H23NO/c1-17(2,19-3)11-10-16(18)15-9-8-13-6-4-5-7-14(13)12-15/h4-9,12,16H,10-11,18H2,1-3H3. The molecule has 2 rings (SSSR count). The maximum Gasteiger partial charge on any atom is 0.0623 e. The van der Waals surface area contributed by atoms with E-state index in [1.54, 1.807) is 7.11 Å². The van der Waals surface area contributed by atoms with Gasteiger partial charge in [0.2, 0.25) is 0 Å². The Balaban J connectivity index is 2.11. The van der Waals surface area contributed by atoms with Crippen LogP contribution in [0.5, 0.6) is 0 Å². The molecule has 19 heavy (non-hydrogen) atoms. The van der Waals surface area contributed by atoms with Gasteiger partial charge in [0.1, 0.15) is 0 Å². The van der Waals surface area contributed by atoms with Crippen molar-refractivity contribution in [3.63, 3.8) is 0 Å². The fraction of sp³-hybridized carbons (Fsp3) is 0.412. The highest BCUT2D eigenvalue weighted by Gasteiger charge is 2.18. The lowest BCUT2D eigenvalue weighted by molar-refractivity contribution is 0.0125. The van der Waals surface area contributed by atoms with E-state index in [-0.39, 0.29) is 11.6 Å². The Kier molecular flexibility index (Phi) is 4.23. The predicted octanol–water partition coefficient (Wildman–Crippen LogP) is 4.04. The number of benzene rings is 2. The average Bonchev–Trinajstić information content (AvgIpc) is 2.44. The highest BCUT2D eigenvalue weighted by molar-refractivity contribution is 5.83. The van der Waals surface area contributed by atoms with Gasteiger partial charge < -0.3 is 10.5 Å². The zero-order valence-corrected chi connectivity index (χ0v) is 12.0. The van der Waals surface area contributed by atoms with Crippen LogP contribution < -0.4 is 5.73 Å². The summed E-state index contributed by atoms with van der Waals surface area (Å²) in [6.07, 6.45) is 1.89. The van der Waals surface area contributed by atoms with Gasteiger partial charge in [0.15, 0.2) is 0 Å². The highest BCUT2D eigenvalue weighted by Crippen LogP contribution is 2.25. The summed E-state index contributed by atoms with van der Waals surface area (Å²) in [7, 11) is 1.75. The van der Waals surface area contributed by atoms with Gasteiger partial charge in [0.05, 0.1) is 5.60 Å². The molecule has 0 radical (unpaired) electrons. The van der Waals surface area contributed by atoms with Gasteiger partial charge in [-0.3, -0.25) is 0 Å². The van der Waals surface area contributed by atoms with E-state index in [9.17, 15) is 0 Å². The lowest BCUT2D eigenvalue weighted by Gasteiger charge is -2.24. The molecule has 0 saturated heterocycles. The molecule has 0 amide bonds. The highest BCUT2D eigenvalue weighted by atomic mass is 16.5. The normalized spacial score (nSPS) is 13.7. The van der Waals surface area contributed by atoms with Gasteiger partial charge in [0.25, 0.3) is 0 Å². The lowest BCUT2D eigenvalue weighted by Crippen LogP contribution is -2.24. The Labute approximate surface area is 115 Å². The minimum absolute atomic E-state index is 0.0685. The van der Waals surface area contributed by atoms with Crippen molar-refractivity contribution >= 4 is 10.8 Å². The van der Waals surface area contributed by atoms with Crippen molar-refractivity contribution in [2.75, 3.05) is 7.11 Å². The number of methoxy groups -OCH3 is 1. The summed E-state index contributed by atoms with van der Waals surface area (Å²) in [5, 5.41) is 2.51. The number of hydrogen-bond donors (Lipinski definition) is 1. The first-order chi connectivity index (χ1) is 9.02. The van der Waals surface area contributed by atoms with Gasteiger partial charge in [-0.1, -0.05) is 36.4 Å². The van der Waals surface area contributed by atoms with Crippen molar-refractivity contribution in [2.45, 2.75) is 38.3 Å². The molecule has 0 aliphatic rings. The van der Waals surface area contributed by atoms with Crippen LogP contribution in [0.25, 0.3) is 10.8 Å². The predicted molar refractivity (Wildman–Crippen MR) is 81.2 cm³/mol. The van der Waals surface area contributed by atoms with Crippen LogP contribution in [0.2, 0.25) is 0 Å². The first kappa shape index (κ1) is 14.0. The van der Waals surface area contributed by atoms with E-state index in [0.29, 0.717) is 0 Å². The van der Waals surface area contributed by atoms with E-state index in [1.165, 1.54) is 16.3 Å². The molecular formula is C17H23NO. The molecule has 2 N–H and O–H groups in total. The molecule has 2 heteroatoms. The minimum Gasteiger partial charge on any atom is -0.379 e. The van der Waals surface area contributed by atoms with Crippen LogP contribution in [-0.4, -0.2) is 12.7 Å². The molecule has 0 aromatic heterocycles. The van der Waals surface area contributed by atoms with E-state index in [4.69, 9.17) is 10.5 Å². The van der Waals surface area contributed by atoms with Crippen LogP contribution in [0.1, 0.15) is 38.3 Å². The largest absolute Gasteiger partial charge is 0.379 e. The first-order valence-electron chi connectivity index (χ1n) is 6.81. The van der Waals surface area contributed by atoms with Crippen molar-refractivity contribution in [1.82, 2.24) is 0 Å². The van der Waals surface area contributed by atoms with E-state index in [2.05, 4.69) is 56.3 Å². The Morgan fingerprint density at radius 3 is 2.47 bits per heavy atom. The van der Waals surface area contributed by atoms with Crippen LogP contribution in [0.3, 0.4) is 0 Å². The van der Waals surface area contributed by atoms with Crippen molar-refractivity contribution < 1.29 is 4.74 Å². The third kappa shape index (κ3) is 3.55. The Bertz CT molecular complexity index is 548. The van der Waals surface area contributed by atoms with E-state index >= 15 is 0 Å². The Morgan fingerprint density at radius 2 is 1.79 bits per heavy atom. The first-order valence-corrected chi connectivity index (χ1v) is 6.81. The summed E-state index contributed by atoms with van der Waals surface area (Å²) >= 11 is 0. The average molecular weight is 257 g/mol. The summed E-state index contributed by atoms with van der Waals surface area (Å²) in [5.41, 5.74) is 7.39. The van der Waals surface area contributed by atoms with E-state index in [0.717, 1.165) is 12.8 Å². The van der Waals surface area contributed by atoms with Gasteiger partial charge in [-0.15, -0.1) is 0 Å². The smallest absolute Gasteiger partial charge is 0.0623 e. The number of ether oxygens (including phenoxy) is 1. The van der Waals surface area contributed by atoms with Gasteiger partial charge in [0, 0.05) is 13.2 Å². The molecule has 0 aliphatic heterocycles. The molecule has 0 saturated carbocycles. The lowest BCUT2D eigenvalue weighted by atomic mass is 9.94. The zero-order valence-electron chi connectivity index (χ0n) is 12.0. The zero-order chi connectivity index (χ0) is 13.9. The van der Waals surface area contributed by atoms with Crippen molar-refractivity contribution in [3.05, 3.63) is 48.0 Å². The van der Waals surface area contributed by atoms with Crippen molar-refractivity contribution in [2.24, 2.45) is 5.73 Å². The Morgan fingerprint density at radius 1 is 1.11 bits per heavy atom. The van der Waals surface area contributed by atoms with Crippen molar-refractivity contribution in [1.29, 1.82) is 0 Å². The molecule has 1 unspecified atom stereocenters. The molecule has 0 spiro atoms. The molecule has 2 nitrogen and oxygen atoms in total. The van der Waals surface area contributed by atoms with Crippen molar-refractivity contribution in [3.8, 4) is 0 Å². The molecule has 0 fully saturated rings. The summed E-state index contributed by atoms with van der Waals surface area (Å²) in [6.45, 7) is 4.19. The second-order valence-electron chi connectivity index (χ2n) is 5.72. The van der Waals surface area contributed by atoms with Crippen LogP contribution in [0.4, 0.5) is 0 Å². The fourth-order valence-electron chi connectivity index (χ4n) is 2.21. The third-order valence-electron chi connectivity index (χ3n) is 3.81. The van der Waals surface area contributed by atoms with Gasteiger partial charge >= 0.3 is 0 Å². The number of fused-ring (bicyclic) bond motifs is 1. The summed E-state index contributed by atoms with van der Waals surface area (Å²) in [5.74, 6) is 0. The second kappa shape index (κ2) is 5.72. The summed E-state index contributed by atoms with van der Waals surface area (Å²) < 4.78 is 5.44. The number of rotatable bonds is 5.